The maximum atomic E-state index is 15.2. The van der Waals surface area contributed by atoms with Gasteiger partial charge < -0.3 is 25.0 Å². The number of hydrogen-bond donors (Lipinski definition) is 4. The average molecular weight is 575 g/mol. The maximum absolute atomic E-state index is 15.2. The number of aromatic nitrogens is 4. The van der Waals surface area contributed by atoms with Crippen molar-refractivity contribution in [2.75, 3.05) is 17.2 Å². The number of nitrogens with one attached hydrogen (secondary N) is 3. The number of benzene rings is 2. The van der Waals surface area contributed by atoms with E-state index in [1.807, 2.05) is 13.8 Å². The lowest BCUT2D eigenvalue weighted by Gasteiger charge is -2.16. The summed E-state index contributed by atoms with van der Waals surface area (Å²) in [6, 6.07) is 10.5. The molecule has 12 heteroatoms. The molecule has 1 amide bonds. The molecule has 0 aliphatic heterocycles. The number of halogens is 2. The highest BCUT2D eigenvalue weighted by Crippen LogP contribution is 2.34. The third kappa shape index (κ3) is 5.84. The van der Waals surface area contributed by atoms with E-state index in [-0.39, 0.29) is 47.0 Å². The van der Waals surface area contributed by atoms with E-state index in [4.69, 9.17) is 4.74 Å². The molecule has 0 saturated carbocycles. The Morgan fingerprint density at radius 1 is 1.07 bits per heavy atom. The molecule has 0 aliphatic rings. The number of pyridine rings is 2. The summed E-state index contributed by atoms with van der Waals surface area (Å²) in [7, 11) is 0. The van der Waals surface area contributed by atoms with E-state index in [1.54, 1.807) is 23.8 Å². The minimum absolute atomic E-state index is 0.0809. The van der Waals surface area contributed by atoms with Crippen LogP contribution in [0.5, 0.6) is 11.5 Å². The van der Waals surface area contributed by atoms with Gasteiger partial charge in [0.25, 0.3) is 5.91 Å². The minimum atomic E-state index is -0.765. The van der Waals surface area contributed by atoms with Crippen molar-refractivity contribution in [1.82, 2.24) is 19.7 Å². The predicted octanol–water partition coefficient (Wildman–Crippen LogP) is 5.48. The van der Waals surface area contributed by atoms with Gasteiger partial charge in [0, 0.05) is 54.1 Å². The van der Waals surface area contributed by atoms with Crippen LogP contribution >= 0.6 is 0 Å². The summed E-state index contributed by atoms with van der Waals surface area (Å²) in [5.41, 5.74) is 0.511. The summed E-state index contributed by atoms with van der Waals surface area (Å²) >= 11 is 0. The number of aromatic amines is 1. The van der Waals surface area contributed by atoms with E-state index in [1.165, 1.54) is 48.8 Å². The number of carbonyl (C=O) groups is 1. The Labute approximate surface area is 239 Å². The lowest BCUT2D eigenvalue weighted by Crippen LogP contribution is -2.25. The van der Waals surface area contributed by atoms with Crippen LogP contribution in [0.25, 0.3) is 22.2 Å². The van der Waals surface area contributed by atoms with Crippen molar-refractivity contribution in [2.24, 2.45) is 0 Å². The molecule has 0 fully saturated rings. The molecule has 5 aromatic rings. The fourth-order valence-corrected chi connectivity index (χ4v) is 4.26. The molecule has 0 saturated heterocycles. The number of aliphatic hydroxyl groups is 1. The van der Waals surface area contributed by atoms with Crippen molar-refractivity contribution in [1.29, 1.82) is 0 Å². The Morgan fingerprint density at radius 3 is 2.52 bits per heavy atom. The molecule has 4 N–H and O–H groups in total. The van der Waals surface area contributed by atoms with Gasteiger partial charge >= 0.3 is 0 Å². The number of ether oxygens (including phenoxy) is 1. The highest BCUT2D eigenvalue weighted by Gasteiger charge is 2.19. The molecule has 0 bridgehead atoms. The number of amides is 1. The number of carbonyl (C=O) groups excluding carboxylic acids is 1. The number of nitrogens with zero attached hydrogens (tertiary/aromatic N) is 3. The third-order valence-corrected chi connectivity index (χ3v) is 6.53. The van der Waals surface area contributed by atoms with Gasteiger partial charge in [-0.1, -0.05) is 12.1 Å². The summed E-state index contributed by atoms with van der Waals surface area (Å²) < 4.78 is 36.2. The predicted molar refractivity (Wildman–Crippen MR) is 155 cm³/mol. The number of hydrogen-bond acceptors (Lipinski definition) is 7. The average Bonchev–Trinajstić information content (AvgIpc) is 3.38. The fraction of sp³-hybridized carbons (Fsp3) is 0.200. The summed E-state index contributed by atoms with van der Waals surface area (Å²) in [6.45, 7) is 5.41. The van der Waals surface area contributed by atoms with Gasteiger partial charge in [-0.05, 0) is 50.6 Å². The Bertz CT molecular complexity index is 1820. The second-order valence-electron chi connectivity index (χ2n) is 10.00. The van der Waals surface area contributed by atoms with Gasteiger partial charge in [-0.25, -0.2) is 13.8 Å². The molecule has 2 aromatic carbocycles. The SMILES string of the molecule is CC(C)n1cc(C(=O)Nc2ccc(Oc3ccnc4[nH]nc(N[C@H](C)CO)c34)c(F)c2)c(=O)c(-c2ccc(F)cc2)c1. The number of anilines is 2. The normalized spacial score (nSPS) is 12.0. The van der Waals surface area contributed by atoms with Gasteiger partial charge in [0.1, 0.15) is 22.5 Å². The number of aliphatic hydroxyl groups excluding tert-OH is 1. The molecule has 0 aliphatic carbocycles. The van der Waals surface area contributed by atoms with Gasteiger partial charge in [0.2, 0.25) is 5.43 Å². The molecular weight excluding hydrogens is 546 g/mol. The van der Waals surface area contributed by atoms with Crippen molar-refractivity contribution in [3.05, 3.63) is 94.5 Å². The summed E-state index contributed by atoms with van der Waals surface area (Å²) in [5, 5.41) is 22.4. The van der Waals surface area contributed by atoms with Crippen molar-refractivity contribution in [3.63, 3.8) is 0 Å². The summed E-state index contributed by atoms with van der Waals surface area (Å²) in [5.74, 6) is -1.41. The first kappa shape index (κ1) is 28.4. The third-order valence-electron chi connectivity index (χ3n) is 6.53. The zero-order valence-electron chi connectivity index (χ0n) is 23.0. The van der Waals surface area contributed by atoms with Gasteiger partial charge in [-0.15, -0.1) is 0 Å². The lowest BCUT2D eigenvalue weighted by molar-refractivity contribution is 0.102. The standard InChI is InChI=1S/C30H28F2N6O4/c1-16(2)38-13-21(18-4-6-19(31)7-5-18)27(40)22(14-38)30(41)35-20-8-9-24(23(32)12-20)42-25-10-11-33-28-26(25)29(37-36-28)34-17(3)15-39/h4-14,16-17,39H,15H2,1-3H3,(H,35,41)(H2,33,34,36,37)/t17-/m1/s1. The van der Waals surface area contributed by atoms with Gasteiger partial charge in [-0.3, -0.25) is 14.7 Å². The highest BCUT2D eigenvalue weighted by molar-refractivity contribution is 6.04. The van der Waals surface area contributed by atoms with E-state index < -0.39 is 23.0 Å². The zero-order chi connectivity index (χ0) is 30.0. The molecule has 216 valence electrons. The van der Waals surface area contributed by atoms with Gasteiger partial charge in [0.05, 0.1) is 6.61 Å². The van der Waals surface area contributed by atoms with Crippen LogP contribution in [0.1, 0.15) is 37.2 Å². The van der Waals surface area contributed by atoms with E-state index >= 15 is 4.39 Å². The van der Waals surface area contributed by atoms with Crippen LogP contribution in [0.15, 0.2) is 71.9 Å². The van der Waals surface area contributed by atoms with Crippen molar-refractivity contribution >= 4 is 28.4 Å². The molecular formula is C30H28F2N6O4. The van der Waals surface area contributed by atoms with Crippen molar-refractivity contribution in [3.8, 4) is 22.6 Å². The first-order valence-electron chi connectivity index (χ1n) is 13.2. The van der Waals surface area contributed by atoms with Crippen LogP contribution in [-0.4, -0.2) is 43.4 Å². The Morgan fingerprint density at radius 2 is 1.83 bits per heavy atom. The monoisotopic (exact) mass is 574 g/mol. The van der Waals surface area contributed by atoms with Crippen LogP contribution in [0.4, 0.5) is 20.3 Å². The number of H-pyrrole nitrogens is 1. The second-order valence-corrected chi connectivity index (χ2v) is 10.00. The maximum Gasteiger partial charge on any atom is 0.261 e. The van der Waals surface area contributed by atoms with Crippen molar-refractivity contribution < 1.29 is 23.4 Å². The van der Waals surface area contributed by atoms with E-state index in [0.29, 0.717) is 22.4 Å². The van der Waals surface area contributed by atoms with Crippen LogP contribution in [0.2, 0.25) is 0 Å². The smallest absolute Gasteiger partial charge is 0.261 e. The largest absolute Gasteiger partial charge is 0.453 e. The molecule has 1 atom stereocenters. The Kier molecular flexibility index (Phi) is 7.98. The fourth-order valence-electron chi connectivity index (χ4n) is 4.26. The number of fused-ring (bicyclic) bond motifs is 1. The summed E-state index contributed by atoms with van der Waals surface area (Å²) in [4.78, 5) is 30.7. The van der Waals surface area contributed by atoms with Crippen LogP contribution < -0.4 is 20.8 Å². The molecule has 3 aromatic heterocycles. The molecule has 10 nitrogen and oxygen atoms in total. The second kappa shape index (κ2) is 11.8. The van der Waals surface area contributed by atoms with Crippen LogP contribution in [0, 0.1) is 11.6 Å². The summed E-state index contributed by atoms with van der Waals surface area (Å²) in [6.07, 6.45) is 4.53. The van der Waals surface area contributed by atoms with E-state index in [0.717, 1.165) is 6.07 Å². The first-order chi connectivity index (χ1) is 20.1. The van der Waals surface area contributed by atoms with Crippen molar-refractivity contribution in [2.45, 2.75) is 32.9 Å². The molecule has 42 heavy (non-hydrogen) atoms. The quantitative estimate of drug-likeness (QED) is 0.183. The highest BCUT2D eigenvalue weighted by atomic mass is 19.1. The number of rotatable bonds is 9. The molecule has 3 heterocycles. The van der Waals surface area contributed by atoms with Gasteiger partial charge in [-0.2, -0.15) is 5.10 Å². The van der Waals surface area contributed by atoms with Gasteiger partial charge in [0.15, 0.2) is 23.0 Å². The molecule has 0 spiro atoms. The van der Waals surface area contributed by atoms with Crippen LogP contribution in [-0.2, 0) is 0 Å². The lowest BCUT2D eigenvalue weighted by atomic mass is 10.0. The van der Waals surface area contributed by atoms with E-state index in [9.17, 15) is 19.1 Å². The topological polar surface area (TPSA) is 134 Å². The Balaban J connectivity index is 1.41. The van der Waals surface area contributed by atoms with E-state index in [2.05, 4.69) is 25.8 Å². The first-order valence-corrected chi connectivity index (χ1v) is 13.2. The zero-order valence-corrected chi connectivity index (χ0v) is 23.0. The molecule has 0 unspecified atom stereocenters. The van der Waals surface area contributed by atoms with Crippen LogP contribution in [0.3, 0.4) is 0 Å². The molecule has 5 rings (SSSR count). The molecule has 0 radical (unpaired) electrons. The minimum Gasteiger partial charge on any atom is -0.453 e. The Hall–Kier alpha value is -5.10.